The predicted molar refractivity (Wildman–Crippen MR) is 75.2 cm³/mol. The molecule has 102 valence electrons. The van der Waals surface area contributed by atoms with Crippen molar-refractivity contribution in [2.24, 2.45) is 5.92 Å². The SMILES string of the molecule is CCc1cc(C(C#N)C(=O)CC(C)C)ccc1OC. The monoisotopic (exact) mass is 259 g/mol. The first-order valence-electron chi connectivity index (χ1n) is 6.62. The van der Waals surface area contributed by atoms with Crippen molar-refractivity contribution in [3.63, 3.8) is 0 Å². The molecule has 0 aliphatic rings. The Morgan fingerprint density at radius 3 is 2.58 bits per heavy atom. The zero-order valence-corrected chi connectivity index (χ0v) is 12.1. The largest absolute Gasteiger partial charge is 0.496 e. The van der Waals surface area contributed by atoms with Crippen molar-refractivity contribution in [3.05, 3.63) is 29.3 Å². The zero-order chi connectivity index (χ0) is 14.4. The third-order valence-corrected chi connectivity index (χ3v) is 3.08. The van der Waals surface area contributed by atoms with E-state index < -0.39 is 5.92 Å². The average Bonchev–Trinajstić information content (AvgIpc) is 2.38. The van der Waals surface area contributed by atoms with Crippen LogP contribution < -0.4 is 4.74 Å². The summed E-state index contributed by atoms with van der Waals surface area (Å²) in [5.74, 6) is 0.398. The standard InChI is InChI=1S/C16H21NO2/c1-5-12-9-13(6-7-16(12)19-4)14(10-17)15(18)8-11(2)3/h6-7,9,11,14H,5,8H2,1-4H3. The molecule has 0 bridgehead atoms. The van der Waals surface area contributed by atoms with Crippen LogP contribution in [0.15, 0.2) is 18.2 Å². The Morgan fingerprint density at radius 1 is 1.42 bits per heavy atom. The molecule has 0 saturated carbocycles. The molecule has 0 heterocycles. The van der Waals surface area contributed by atoms with Gasteiger partial charge in [0, 0.05) is 6.42 Å². The second-order valence-electron chi connectivity index (χ2n) is 5.05. The molecule has 0 spiro atoms. The van der Waals surface area contributed by atoms with Gasteiger partial charge in [-0.2, -0.15) is 5.26 Å². The lowest BCUT2D eigenvalue weighted by Gasteiger charge is -2.13. The number of benzene rings is 1. The fraction of sp³-hybridized carbons (Fsp3) is 0.500. The van der Waals surface area contributed by atoms with Crippen LogP contribution in [0.3, 0.4) is 0 Å². The summed E-state index contributed by atoms with van der Waals surface area (Å²) in [6, 6.07) is 7.67. The Hall–Kier alpha value is -1.82. The van der Waals surface area contributed by atoms with E-state index in [4.69, 9.17) is 4.74 Å². The summed E-state index contributed by atoms with van der Waals surface area (Å²) in [5.41, 5.74) is 1.79. The number of carbonyl (C=O) groups excluding carboxylic acids is 1. The van der Waals surface area contributed by atoms with Crippen LogP contribution >= 0.6 is 0 Å². The van der Waals surface area contributed by atoms with Gasteiger partial charge in [0.25, 0.3) is 0 Å². The van der Waals surface area contributed by atoms with Crippen LogP contribution in [0.1, 0.15) is 44.2 Å². The third kappa shape index (κ3) is 3.82. The minimum Gasteiger partial charge on any atom is -0.496 e. The number of carbonyl (C=O) groups is 1. The summed E-state index contributed by atoms with van der Waals surface area (Å²) in [7, 11) is 1.62. The van der Waals surface area contributed by atoms with E-state index in [-0.39, 0.29) is 11.7 Å². The van der Waals surface area contributed by atoms with Crippen LogP contribution in [0.2, 0.25) is 0 Å². The molecule has 0 fully saturated rings. The maximum atomic E-state index is 12.1. The summed E-state index contributed by atoms with van der Waals surface area (Å²) in [5, 5.41) is 9.25. The number of ketones is 1. The van der Waals surface area contributed by atoms with Crippen molar-refractivity contribution >= 4 is 5.78 Å². The van der Waals surface area contributed by atoms with Gasteiger partial charge in [0.1, 0.15) is 11.7 Å². The van der Waals surface area contributed by atoms with Crippen LogP contribution in [-0.2, 0) is 11.2 Å². The molecule has 3 heteroatoms. The van der Waals surface area contributed by atoms with Gasteiger partial charge in [-0.25, -0.2) is 0 Å². The molecule has 0 aliphatic heterocycles. The molecule has 1 atom stereocenters. The van der Waals surface area contributed by atoms with E-state index in [1.165, 1.54) is 0 Å². The number of rotatable bonds is 6. The van der Waals surface area contributed by atoms with E-state index in [2.05, 4.69) is 6.07 Å². The minimum absolute atomic E-state index is 0.00952. The topological polar surface area (TPSA) is 50.1 Å². The summed E-state index contributed by atoms with van der Waals surface area (Å²) >= 11 is 0. The first-order chi connectivity index (χ1) is 9.03. The molecule has 0 aromatic heterocycles. The van der Waals surface area contributed by atoms with Crippen LogP contribution in [0.5, 0.6) is 5.75 Å². The molecule has 3 nitrogen and oxygen atoms in total. The number of Topliss-reactive ketones (excluding diaryl/α,β-unsaturated/α-hetero) is 1. The molecule has 0 radical (unpaired) electrons. The number of hydrogen-bond donors (Lipinski definition) is 0. The minimum atomic E-state index is -0.668. The maximum absolute atomic E-state index is 12.1. The van der Waals surface area contributed by atoms with Crippen molar-refractivity contribution in [1.29, 1.82) is 5.26 Å². The van der Waals surface area contributed by atoms with Gasteiger partial charge in [-0.05, 0) is 29.5 Å². The van der Waals surface area contributed by atoms with E-state index in [0.29, 0.717) is 6.42 Å². The molecule has 0 aliphatic carbocycles. The summed E-state index contributed by atoms with van der Waals surface area (Å²) in [6.07, 6.45) is 1.25. The fourth-order valence-corrected chi connectivity index (χ4v) is 2.11. The summed E-state index contributed by atoms with van der Waals surface area (Å²) in [4.78, 5) is 12.1. The lowest BCUT2D eigenvalue weighted by Crippen LogP contribution is -2.13. The van der Waals surface area contributed by atoms with Gasteiger partial charge in [-0.3, -0.25) is 4.79 Å². The average molecular weight is 259 g/mol. The highest BCUT2D eigenvalue weighted by molar-refractivity contribution is 5.88. The van der Waals surface area contributed by atoms with Crippen LogP contribution in [-0.4, -0.2) is 12.9 Å². The van der Waals surface area contributed by atoms with Gasteiger partial charge < -0.3 is 4.74 Å². The number of ether oxygens (including phenoxy) is 1. The van der Waals surface area contributed by atoms with E-state index in [0.717, 1.165) is 23.3 Å². The lowest BCUT2D eigenvalue weighted by atomic mass is 9.90. The smallest absolute Gasteiger partial charge is 0.154 e. The number of nitrogens with zero attached hydrogens (tertiary/aromatic N) is 1. The van der Waals surface area contributed by atoms with Gasteiger partial charge in [-0.15, -0.1) is 0 Å². The highest BCUT2D eigenvalue weighted by Gasteiger charge is 2.21. The molecule has 1 rings (SSSR count). The molecular formula is C16H21NO2. The van der Waals surface area contributed by atoms with Crippen LogP contribution in [0, 0.1) is 17.2 Å². The second kappa shape index (κ2) is 6.94. The summed E-state index contributed by atoms with van der Waals surface area (Å²) < 4.78 is 5.26. The van der Waals surface area contributed by atoms with Gasteiger partial charge in [-0.1, -0.05) is 32.9 Å². The molecule has 0 saturated heterocycles. The molecule has 19 heavy (non-hydrogen) atoms. The molecule has 1 unspecified atom stereocenters. The Morgan fingerprint density at radius 2 is 2.11 bits per heavy atom. The van der Waals surface area contributed by atoms with E-state index >= 15 is 0 Å². The molecule has 1 aromatic carbocycles. The van der Waals surface area contributed by atoms with Crippen molar-refractivity contribution in [2.45, 2.75) is 39.5 Å². The van der Waals surface area contributed by atoms with Crippen LogP contribution in [0.25, 0.3) is 0 Å². The fourth-order valence-electron chi connectivity index (χ4n) is 2.11. The molecular weight excluding hydrogens is 238 g/mol. The quantitative estimate of drug-likeness (QED) is 0.785. The zero-order valence-electron chi connectivity index (χ0n) is 12.1. The van der Waals surface area contributed by atoms with Gasteiger partial charge >= 0.3 is 0 Å². The first-order valence-corrected chi connectivity index (χ1v) is 6.62. The first kappa shape index (κ1) is 15.2. The van der Waals surface area contributed by atoms with E-state index in [1.54, 1.807) is 7.11 Å². The van der Waals surface area contributed by atoms with Crippen molar-refractivity contribution in [2.75, 3.05) is 7.11 Å². The number of methoxy groups -OCH3 is 1. The van der Waals surface area contributed by atoms with Crippen molar-refractivity contribution in [3.8, 4) is 11.8 Å². The van der Waals surface area contributed by atoms with Gasteiger partial charge in [0.2, 0.25) is 0 Å². The van der Waals surface area contributed by atoms with E-state index in [9.17, 15) is 10.1 Å². The van der Waals surface area contributed by atoms with Crippen molar-refractivity contribution < 1.29 is 9.53 Å². The normalized spacial score (nSPS) is 12.0. The van der Waals surface area contributed by atoms with Crippen LogP contribution in [0.4, 0.5) is 0 Å². The molecule has 1 aromatic rings. The Kier molecular flexibility index (Phi) is 5.57. The number of aryl methyl sites for hydroxylation is 1. The highest BCUT2D eigenvalue weighted by Crippen LogP contribution is 2.26. The number of hydrogen-bond acceptors (Lipinski definition) is 3. The van der Waals surface area contributed by atoms with Gasteiger partial charge in [0.15, 0.2) is 5.78 Å². The predicted octanol–water partition coefficient (Wildman–Crippen LogP) is 3.48. The van der Waals surface area contributed by atoms with Crippen molar-refractivity contribution in [1.82, 2.24) is 0 Å². The Balaban J connectivity index is 3.06. The molecule has 0 amide bonds. The highest BCUT2D eigenvalue weighted by atomic mass is 16.5. The molecule has 0 N–H and O–H groups in total. The number of nitriles is 1. The lowest BCUT2D eigenvalue weighted by molar-refractivity contribution is -0.120. The third-order valence-electron chi connectivity index (χ3n) is 3.08. The maximum Gasteiger partial charge on any atom is 0.154 e. The van der Waals surface area contributed by atoms with E-state index in [1.807, 2.05) is 39.0 Å². The Bertz CT molecular complexity index is 486. The van der Waals surface area contributed by atoms with Gasteiger partial charge in [0.05, 0.1) is 13.2 Å². The second-order valence-corrected chi connectivity index (χ2v) is 5.05. The Labute approximate surface area is 115 Å². The summed E-state index contributed by atoms with van der Waals surface area (Å²) in [6.45, 7) is 5.99.